The molecule has 0 radical (unpaired) electrons. The molecule has 1 fully saturated rings. The third kappa shape index (κ3) is 9.14. The Bertz CT molecular complexity index is 1630. The molecule has 0 aromatic heterocycles. The number of nitrogens with zero attached hydrogens (tertiary/aromatic N) is 1. The number of esters is 1. The number of carbonyl (C=O) groups is 2. The second-order valence-electron chi connectivity index (χ2n) is 12.2. The van der Waals surface area contributed by atoms with E-state index in [-0.39, 0.29) is 30.8 Å². The van der Waals surface area contributed by atoms with Gasteiger partial charge in [0.05, 0.1) is 18.8 Å². The molecule has 1 amide bonds. The topological polar surface area (TPSA) is 97.3 Å². The zero-order chi connectivity index (χ0) is 33.3. The van der Waals surface area contributed by atoms with Crippen LogP contribution in [0.4, 0.5) is 0 Å². The van der Waals surface area contributed by atoms with Gasteiger partial charge in [-0.05, 0) is 66.4 Å². The SMILES string of the molecule is CC(=O)O[C@@H](C)C(=O)NCc1cccc(-c2cccc([C@H]3O[C@@H](CN(C)[C@@H](C)c4ccccc4)C[C@@H](c4ccc(CO)cc4)O3)c2)c1. The maximum Gasteiger partial charge on any atom is 0.303 e. The van der Waals surface area contributed by atoms with Crippen LogP contribution in [0.15, 0.2) is 103 Å². The van der Waals surface area contributed by atoms with Crippen molar-refractivity contribution in [3.8, 4) is 11.1 Å². The molecule has 4 aromatic carbocycles. The minimum absolute atomic E-state index is 0.00387. The van der Waals surface area contributed by atoms with E-state index in [9.17, 15) is 14.7 Å². The first-order valence-electron chi connectivity index (χ1n) is 16.1. The first-order valence-corrected chi connectivity index (χ1v) is 16.1. The minimum atomic E-state index is -0.857. The molecular weight excluding hydrogens is 592 g/mol. The van der Waals surface area contributed by atoms with E-state index in [2.05, 4.69) is 54.5 Å². The Hall–Kier alpha value is -4.34. The Labute approximate surface area is 277 Å². The highest BCUT2D eigenvalue weighted by molar-refractivity contribution is 5.82. The van der Waals surface area contributed by atoms with Gasteiger partial charge in [-0.1, -0.05) is 91.0 Å². The van der Waals surface area contributed by atoms with Crippen LogP contribution in [0.5, 0.6) is 0 Å². The lowest BCUT2D eigenvalue weighted by atomic mass is 9.98. The number of benzene rings is 4. The largest absolute Gasteiger partial charge is 0.453 e. The molecule has 47 heavy (non-hydrogen) atoms. The third-order valence-electron chi connectivity index (χ3n) is 8.65. The van der Waals surface area contributed by atoms with Gasteiger partial charge in [0.25, 0.3) is 5.91 Å². The quantitative estimate of drug-likeness (QED) is 0.168. The highest BCUT2D eigenvalue weighted by atomic mass is 16.7. The summed E-state index contributed by atoms with van der Waals surface area (Å²) < 4.78 is 18.3. The van der Waals surface area contributed by atoms with Gasteiger partial charge in [-0.2, -0.15) is 0 Å². The van der Waals surface area contributed by atoms with Crippen molar-refractivity contribution >= 4 is 11.9 Å². The molecule has 0 saturated carbocycles. The van der Waals surface area contributed by atoms with Crippen LogP contribution in [0.1, 0.15) is 73.4 Å². The van der Waals surface area contributed by atoms with Gasteiger partial charge < -0.3 is 24.6 Å². The van der Waals surface area contributed by atoms with Crippen LogP contribution < -0.4 is 5.32 Å². The Kier molecular flexibility index (Phi) is 11.6. The van der Waals surface area contributed by atoms with Crippen LogP contribution in [0.3, 0.4) is 0 Å². The van der Waals surface area contributed by atoms with E-state index in [1.165, 1.54) is 12.5 Å². The van der Waals surface area contributed by atoms with Crippen molar-refractivity contribution in [2.45, 2.75) is 71.0 Å². The molecule has 0 spiro atoms. The molecule has 4 aromatic rings. The van der Waals surface area contributed by atoms with Gasteiger partial charge in [0.2, 0.25) is 0 Å². The van der Waals surface area contributed by atoms with Gasteiger partial charge in [0.15, 0.2) is 12.4 Å². The molecule has 1 heterocycles. The van der Waals surface area contributed by atoms with Crippen LogP contribution in [0, 0.1) is 0 Å². The van der Waals surface area contributed by atoms with Gasteiger partial charge in [0.1, 0.15) is 0 Å². The molecule has 0 aliphatic carbocycles. The summed E-state index contributed by atoms with van der Waals surface area (Å²) in [6.07, 6.45) is -1.01. The Morgan fingerprint density at radius 1 is 0.872 bits per heavy atom. The summed E-state index contributed by atoms with van der Waals surface area (Å²) in [7, 11) is 2.13. The van der Waals surface area contributed by atoms with Crippen LogP contribution >= 0.6 is 0 Å². The number of aliphatic hydroxyl groups is 1. The second-order valence-corrected chi connectivity index (χ2v) is 12.2. The zero-order valence-corrected chi connectivity index (χ0v) is 27.5. The van der Waals surface area contributed by atoms with Crippen LogP contribution in [-0.2, 0) is 37.0 Å². The van der Waals surface area contributed by atoms with Crippen LogP contribution in [0.2, 0.25) is 0 Å². The first kappa shape index (κ1) is 34.0. The predicted octanol–water partition coefficient (Wildman–Crippen LogP) is 6.65. The number of hydrogen-bond acceptors (Lipinski definition) is 7. The van der Waals surface area contributed by atoms with E-state index < -0.39 is 18.4 Å². The van der Waals surface area contributed by atoms with Crippen LogP contribution in [-0.4, -0.2) is 47.7 Å². The van der Waals surface area contributed by atoms with Gasteiger partial charge in [-0.25, -0.2) is 0 Å². The highest BCUT2D eigenvalue weighted by Crippen LogP contribution is 2.39. The summed E-state index contributed by atoms with van der Waals surface area (Å²) in [5.41, 5.74) is 6.99. The summed E-state index contributed by atoms with van der Waals surface area (Å²) in [6, 6.07) is 34.8. The van der Waals surface area contributed by atoms with Gasteiger partial charge >= 0.3 is 5.97 Å². The molecule has 0 bridgehead atoms. The molecular formula is C39H44N2O6. The summed E-state index contributed by atoms with van der Waals surface area (Å²) >= 11 is 0. The van der Waals surface area contributed by atoms with Crippen molar-refractivity contribution in [3.05, 3.63) is 131 Å². The molecule has 8 nitrogen and oxygen atoms in total. The fourth-order valence-corrected chi connectivity index (χ4v) is 5.86. The van der Waals surface area contributed by atoms with E-state index in [0.29, 0.717) is 13.0 Å². The van der Waals surface area contributed by atoms with Crippen molar-refractivity contribution < 1.29 is 28.9 Å². The molecule has 1 saturated heterocycles. The van der Waals surface area contributed by atoms with E-state index in [4.69, 9.17) is 14.2 Å². The maximum atomic E-state index is 12.4. The lowest BCUT2D eigenvalue weighted by Gasteiger charge is -2.39. The van der Waals surface area contributed by atoms with Crippen molar-refractivity contribution in [2.24, 2.45) is 0 Å². The van der Waals surface area contributed by atoms with E-state index in [1.807, 2.05) is 72.8 Å². The fraction of sp³-hybridized carbons (Fsp3) is 0.333. The molecule has 8 heteroatoms. The Balaban J connectivity index is 1.34. The summed E-state index contributed by atoms with van der Waals surface area (Å²) in [5, 5.41) is 12.4. The number of aliphatic hydroxyl groups excluding tert-OH is 1. The normalized spacial score (nSPS) is 19.1. The molecule has 246 valence electrons. The highest BCUT2D eigenvalue weighted by Gasteiger charge is 2.33. The number of likely N-dealkylation sites (N-methyl/N-ethyl adjacent to an activating group) is 1. The zero-order valence-electron chi connectivity index (χ0n) is 27.5. The van der Waals surface area contributed by atoms with Crippen molar-refractivity contribution in [2.75, 3.05) is 13.6 Å². The van der Waals surface area contributed by atoms with Crippen molar-refractivity contribution in [3.63, 3.8) is 0 Å². The summed E-state index contributed by atoms with van der Waals surface area (Å²) in [6.45, 7) is 6.07. The average Bonchev–Trinajstić information content (AvgIpc) is 3.10. The van der Waals surface area contributed by atoms with E-state index in [0.717, 1.165) is 39.9 Å². The molecule has 2 N–H and O–H groups in total. The maximum absolute atomic E-state index is 12.4. The number of nitrogens with one attached hydrogen (secondary N) is 1. The van der Waals surface area contributed by atoms with E-state index in [1.54, 1.807) is 6.92 Å². The predicted molar refractivity (Wildman–Crippen MR) is 181 cm³/mol. The van der Waals surface area contributed by atoms with Crippen LogP contribution in [0.25, 0.3) is 11.1 Å². The van der Waals surface area contributed by atoms with Gasteiger partial charge in [-0.3, -0.25) is 14.5 Å². The number of ether oxygens (including phenoxy) is 3. The average molecular weight is 637 g/mol. The van der Waals surface area contributed by atoms with Crippen molar-refractivity contribution in [1.82, 2.24) is 10.2 Å². The summed E-state index contributed by atoms with van der Waals surface area (Å²) in [5.74, 6) is -0.843. The second kappa shape index (κ2) is 16.0. The lowest BCUT2D eigenvalue weighted by Crippen LogP contribution is -2.38. The number of carbonyl (C=O) groups excluding carboxylic acids is 2. The van der Waals surface area contributed by atoms with Gasteiger partial charge in [0, 0.05) is 38.0 Å². The third-order valence-corrected chi connectivity index (χ3v) is 8.65. The number of rotatable bonds is 12. The van der Waals surface area contributed by atoms with E-state index >= 15 is 0 Å². The number of hydrogen-bond donors (Lipinski definition) is 2. The smallest absolute Gasteiger partial charge is 0.303 e. The lowest BCUT2D eigenvalue weighted by molar-refractivity contribution is -0.253. The monoisotopic (exact) mass is 636 g/mol. The first-order chi connectivity index (χ1) is 22.7. The fourth-order valence-electron chi connectivity index (χ4n) is 5.86. The molecule has 1 aliphatic rings. The van der Waals surface area contributed by atoms with Gasteiger partial charge in [-0.15, -0.1) is 0 Å². The van der Waals surface area contributed by atoms with Crippen molar-refractivity contribution in [1.29, 1.82) is 0 Å². The summed E-state index contributed by atoms with van der Waals surface area (Å²) in [4.78, 5) is 25.9. The number of amides is 1. The Morgan fingerprint density at radius 2 is 1.57 bits per heavy atom. The minimum Gasteiger partial charge on any atom is -0.453 e. The Morgan fingerprint density at radius 3 is 2.28 bits per heavy atom. The molecule has 0 unspecified atom stereocenters. The standard InChI is InChI=1S/C39H44N2O6/c1-26(31-11-6-5-7-12-31)41(4)24-36-22-37(32-18-16-29(25-42)17-19-32)47-39(46-36)35-15-9-14-34(21-35)33-13-8-10-30(20-33)23-40-38(44)27(2)45-28(3)43/h5-21,26-27,36-37,39,42H,22-25H2,1-4H3,(H,40,44)/t26-,27-,36+,37-,39-/m0/s1. The molecule has 1 aliphatic heterocycles. The molecule has 5 atom stereocenters. The molecule has 5 rings (SSSR count).